The van der Waals surface area contributed by atoms with Crippen molar-refractivity contribution in [1.82, 2.24) is 44.9 Å². The number of nitrogens with one attached hydrogen (secondary N) is 3. The van der Waals surface area contributed by atoms with Crippen LogP contribution < -0.4 is 30.2 Å². The van der Waals surface area contributed by atoms with Crippen molar-refractivity contribution in [3.63, 3.8) is 0 Å². The Morgan fingerprint density at radius 3 is 2.08 bits per heavy atom. The Hall–Kier alpha value is -7.18. The molecule has 1 aliphatic heterocycles. The number of piperazine rings is 1. The van der Waals surface area contributed by atoms with Crippen LogP contribution in [0.25, 0.3) is 0 Å². The molecule has 1 aliphatic rings. The van der Waals surface area contributed by atoms with Gasteiger partial charge in [0.25, 0.3) is 0 Å². The first-order valence-electron chi connectivity index (χ1n) is 29.0. The zero-order valence-corrected chi connectivity index (χ0v) is 51.1. The first-order valence-corrected chi connectivity index (χ1v) is 30.3. The van der Waals surface area contributed by atoms with Gasteiger partial charge in [-0.15, -0.1) is 16.4 Å². The quantitative estimate of drug-likeness (QED) is 0.0317. The second kappa shape index (κ2) is 35.3. The van der Waals surface area contributed by atoms with Crippen molar-refractivity contribution in [3.8, 4) is 17.2 Å². The first kappa shape index (κ1) is 65.4. The summed E-state index contributed by atoms with van der Waals surface area (Å²) < 4.78 is 36.2. The lowest BCUT2D eigenvalue weighted by Crippen LogP contribution is -2.47. The number of hydrogen-bond acceptors (Lipinski definition) is 16. The van der Waals surface area contributed by atoms with Crippen LogP contribution in [-0.2, 0) is 60.9 Å². The van der Waals surface area contributed by atoms with Gasteiger partial charge in [-0.05, 0) is 131 Å². The molecule has 7 rings (SSSR count). The van der Waals surface area contributed by atoms with E-state index in [0.29, 0.717) is 125 Å². The highest BCUT2D eigenvalue weighted by Gasteiger charge is 2.33. The van der Waals surface area contributed by atoms with Crippen LogP contribution in [0.2, 0.25) is 5.02 Å². The SMILES string of the molecule is COc1ccc(CNC(=O)C(c2ccc(Cl)cc2)N(C(=O)CCc2ccc(OCCCCN(C)CCOCCOCCc3cn(CCOCCOc4ccc(NC(=O)Nc5nc(CC(=O)N6CCN(C)CC6)cs5)cc4)nn3)cc2)C(C)C)cc1. The van der Waals surface area contributed by atoms with Gasteiger partial charge in [0, 0.05) is 80.4 Å². The number of halogens is 1. The number of ether oxygens (including phenoxy) is 6. The molecule has 0 radical (unpaired) electrons. The van der Waals surface area contributed by atoms with Crippen LogP contribution in [0.3, 0.4) is 0 Å². The standard InChI is InChI=1S/C62H82ClN11O10S/c1-46(2)74(59(49-13-15-50(63)16-14-49)60(77)64-43-48-10-19-54(79-5)20-11-48)57(75)25-12-47-8-21-55(22-9-47)83-34-7-6-27-70(3)32-36-81-39-38-80-35-26-52-44-73(69-68-52)33-37-82-40-41-84-56-23-17-51(18-24-56)65-61(78)67-62-66-53(45-85-62)42-58(76)72-30-28-71(4)29-31-72/h8-11,13-24,44-46,59H,6-7,12,25-43H2,1-5H3,(H,64,77)(H2,65,66,67,78). The normalized spacial score (nSPS) is 13.0. The topological polar surface area (TPSA) is 216 Å². The molecule has 0 bridgehead atoms. The molecule has 3 N–H and O–H groups in total. The maximum absolute atomic E-state index is 13.9. The van der Waals surface area contributed by atoms with Crippen molar-refractivity contribution in [1.29, 1.82) is 0 Å². The van der Waals surface area contributed by atoms with E-state index in [1.54, 1.807) is 70.6 Å². The molecule has 21 nitrogen and oxygen atoms in total. The maximum atomic E-state index is 13.9. The van der Waals surface area contributed by atoms with Crippen LogP contribution in [0.4, 0.5) is 15.6 Å². The van der Waals surface area contributed by atoms with Crippen molar-refractivity contribution in [2.75, 3.05) is 124 Å². The van der Waals surface area contributed by atoms with Gasteiger partial charge in [-0.25, -0.2) is 14.5 Å². The number of carbonyl (C=O) groups is 4. The van der Waals surface area contributed by atoms with Gasteiger partial charge < -0.3 is 58.7 Å². The molecule has 458 valence electrons. The monoisotopic (exact) mass is 1210 g/mol. The van der Waals surface area contributed by atoms with E-state index in [0.717, 1.165) is 67.3 Å². The summed E-state index contributed by atoms with van der Waals surface area (Å²) >= 11 is 7.50. The van der Waals surface area contributed by atoms with Crippen molar-refractivity contribution in [2.24, 2.45) is 0 Å². The molecule has 4 aromatic carbocycles. The van der Waals surface area contributed by atoms with Gasteiger partial charge in [-0.1, -0.05) is 53.2 Å². The fraction of sp³-hybridized carbons (Fsp3) is 0.468. The molecule has 1 saturated heterocycles. The number of methoxy groups -OCH3 is 1. The molecule has 0 aliphatic carbocycles. The van der Waals surface area contributed by atoms with Crippen molar-refractivity contribution >= 4 is 57.5 Å². The molecule has 3 heterocycles. The van der Waals surface area contributed by atoms with E-state index in [2.05, 4.69) is 48.1 Å². The number of thiazole rings is 1. The van der Waals surface area contributed by atoms with Crippen molar-refractivity contribution in [2.45, 2.75) is 77.5 Å². The number of unbranched alkanes of at least 4 members (excludes halogenated alkanes) is 1. The summed E-state index contributed by atoms with van der Waals surface area (Å²) in [5, 5.41) is 19.8. The Bertz CT molecular complexity index is 2940. The molecule has 1 fully saturated rings. The summed E-state index contributed by atoms with van der Waals surface area (Å²) in [6.07, 6.45) is 5.40. The van der Waals surface area contributed by atoms with Gasteiger partial charge in [0.2, 0.25) is 17.7 Å². The number of likely N-dealkylation sites (N-methyl/N-ethyl adjacent to an activating group) is 2. The van der Waals surface area contributed by atoms with E-state index < -0.39 is 12.1 Å². The van der Waals surface area contributed by atoms with E-state index in [1.807, 2.05) is 80.5 Å². The third-order valence-corrected chi connectivity index (χ3v) is 15.1. The molecular weight excluding hydrogens is 1130 g/mol. The lowest BCUT2D eigenvalue weighted by Gasteiger charge is -2.35. The molecule has 1 atom stereocenters. The zero-order valence-electron chi connectivity index (χ0n) is 49.5. The van der Waals surface area contributed by atoms with Gasteiger partial charge in [0.1, 0.15) is 29.9 Å². The summed E-state index contributed by atoms with van der Waals surface area (Å²) in [5.74, 6) is 1.82. The second-order valence-corrected chi connectivity index (χ2v) is 22.2. The minimum atomic E-state index is -0.835. The molecule has 85 heavy (non-hydrogen) atoms. The van der Waals surface area contributed by atoms with Crippen LogP contribution in [0.5, 0.6) is 17.2 Å². The average Bonchev–Trinajstić information content (AvgIpc) is 4.35. The van der Waals surface area contributed by atoms with Gasteiger partial charge in [0.15, 0.2) is 5.13 Å². The number of carbonyl (C=O) groups excluding carboxylic acids is 4. The molecular formula is C62H82ClN11O10S. The van der Waals surface area contributed by atoms with Crippen LogP contribution in [0.15, 0.2) is 109 Å². The minimum absolute atomic E-state index is 0.0457. The average molecular weight is 1210 g/mol. The number of nitrogens with zero attached hydrogens (tertiary/aromatic N) is 8. The van der Waals surface area contributed by atoms with Crippen LogP contribution in [0.1, 0.15) is 67.2 Å². The molecule has 6 aromatic rings. The van der Waals surface area contributed by atoms with Gasteiger partial charge in [-0.3, -0.25) is 19.7 Å². The number of aryl methyl sites for hydroxylation is 1. The first-order chi connectivity index (χ1) is 41.3. The fourth-order valence-electron chi connectivity index (χ4n) is 9.18. The highest BCUT2D eigenvalue weighted by molar-refractivity contribution is 7.14. The Balaban J connectivity index is 0.663. The predicted octanol–water partition coefficient (Wildman–Crippen LogP) is 8.05. The van der Waals surface area contributed by atoms with Crippen molar-refractivity contribution in [3.05, 3.63) is 142 Å². The minimum Gasteiger partial charge on any atom is -0.497 e. The number of amides is 5. The second-order valence-electron chi connectivity index (χ2n) is 20.9. The Labute approximate surface area is 508 Å². The lowest BCUT2D eigenvalue weighted by molar-refractivity contribution is -0.143. The summed E-state index contributed by atoms with van der Waals surface area (Å²) in [4.78, 5) is 65.5. The summed E-state index contributed by atoms with van der Waals surface area (Å²) in [6.45, 7) is 13.5. The van der Waals surface area contributed by atoms with Gasteiger partial charge >= 0.3 is 6.03 Å². The van der Waals surface area contributed by atoms with E-state index in [9.17, 15) is 19.2 Å². The molecule has 23 heteroatoms. The number of hydrogen-bond donors (Lipinski definition) is 3. The number of urea groups is 1. The van der Waals surface area contributed by atoms with Crippen molar-refractivity contribution < 1.29 is 47.6 Å². The van der Waals surface area contributed by atoms with E-state index in [1.165, 1.54) is 11.3 Å². The molecule has 2 aromatic heterocycles. The fourth-order valence-corrected chi connectivity index (χ4v) is 10.0. The number of anilines is 2. The number of benzene rings is 4. The van der Waals surface area contributed by atoms with Gasteiger partial charge in [-0.2, -0.15) is 0 Å². The predicted molar refractivity (Wildman–Crippen MR) is 329 cm³/mol. The van der Waals surface area contributed by atoms with E-state index >= 15 is 0 Å². The Kier molecular flexibility index (Phi) is 27.2. The highest BCUT2D eigenvalue weighted by Crippen LogP contribution is 2.28. The summed E-state index contributed by atoms with van der Waals surface area (Å²) in [5.41, 5.74) is 4.68. The largest absolute Gasteiger partial charge is 0.497 e. The third kappa shape index (κ3) is 23.0. The van der Waals surface area contributed by atoms with Crippen LogP contribution in [-0.4, -0.2) is 183 Å². The molecule has 5 amide bonds. The zero-order chi connectivity index (χ0) is 60.2. The molecule has 1 unspecified atom stereocenters. The Morgan fingerprint density at radius 2 is 1.36 bits per heavy atom. The highest BCUT2D eigenvalue weighted by atomic mass is 35.5. The summed E-state index contributed by atoms with van der Waals surface area (Å²) in [6, 6.07) is 28.0. The van der Waals surface area contributed by atoms with E-state index in [-0.39, 0.29) is 36.6 Å². The maximum Gasteiger partial charge on any atom is 0.325 e. The summed E-state index contributed by atoms with van der Waals surface area (Å²) in [7, 11) is 5.75. The number of aromatic nitrogens is 4. The number of rotatable bonds is 36. The smallest absolute Gasteiger partial charge is 0.325 e. The molecule has 0 spiro atoms. The Morgan fingerprint density at radius 1 is 0.706 bits per heavy atom. The van der Waals surface area contributed by atoms with E-state index in [4.69, 9.17) is 40.0 Å². The van der Waals surface area contributed by atoms with Crippen LogP contribution >= 0.6 is 22.9 Å². The third-order valence-electron chi connectivity index (χ3n) is 14.0. The lowest BCUT2D eigenvalue weighted by atomic mass is 10.0. The van der Waals surface area contributed by atoms with Crippen LogP contribution in [0, 0.1) is 0 Å². The molecule has 0 saturated carbocycles. The van der Waals surface area contributed by atoms with Gasteiger partial charge in [0.05, 0.1) is 77.7 Å².